The largest absolute Gasteiger partial charge is 0.390 e. The first-order valence-corrected chi connectivity index (χ1v) is 7.78. The minimum atomic E-state index is -3.60. The van der Waals surface area contributed by atoms with Crippen LogP contribution in [0.4, 0.5) is 0 Å². The Morgan fingerprint density at radius 2 is 2.24 bits per heavy atom. The normalized spacial score (nSPS) is 18.0. The number of amides is 1. The van der Waals surface area contributed by atoms with Gasteiger partial charge in [-0.3, -0.25) is 4.79 Å². The van der Waals surface area contributed by atoms with Crippen LogP contribution in [0.3, 0.4) is 0 Å². The average molecular weight is 312 g/mol. The zero-order valence-corrected chi connectivity index (χ0v) is 12.5. The van der Waals surface area contributed by atoms with Crippen LogP contribution in [0.2, 0.25) is 0 Å². The first-order valence-electron chi connectivity index (χ1n) is 6.29. The zero-order chi connectivity index (χ0) is 15.5. The van der Waals surface area contributed by atoms with Crippen molar-refractivity contribution in [3.05, 3.63) is 23.9 Å². The van der Waals surface area contributed by atoms with Gasteiger partial charge in [-0.2, -0.15) is 0 Å². The van der Waals surface area contributed by atoms with Crippen LogP contribution < -0.4 is 10.0 Å². The molecule has 0 fully saturated rings. The number of hydrogen-bond donors (Lipinski definition) is 2. The van der Waals surface area contributed by atoms with Gasteiger partial charge in [-0.05, 0) is 26.1 Å². The number of rotatable bonds is 5. The van der Waals surface area contributed by atoms with Gasteiger partial charge in [0.05, 0.1) is 17.8 Å². The fourth-order valence-corrected chi connectivity index (χ4v) is 2.41. The third-order valence-electron chi connectivity index (χ3n) is 2.91. The zero-order valence-electron chi connectivity index (χ0n) is 11.7. The lowest BCUT2D eigenvalue weighted by Gasteiger charge is -2.10. The molecule has 0 radical (unpaired) electrons. The number of hydrogen-bond acceptors (Lipinski definition) is 6. The molecule has 1 aliphatic heterocycles. The Bertz CT molecular complexity index is 654. The molecule has 1 atom stereocenters. The van der Waals surface area contributed by atoms with Crippen molar-refractivity contribution in [2.45, 2.75) is 24.5 Å². The van der Waals surface area contributed by atoms with Gasteiger partial charge in [0.25, 0.3) is 15.9 Å². The molecule has 2 rings (SSSR count). The Balaban J connectivity index is 1.94. The van der Waals surface area contributed by atoms with Crippen LogP contribution in [0.15, 0.2) is 28.5 Å². The van der Waals surface area contributed by atoms with Gasteiger partial charge in [-0.25, -0.2) is 18.1 Å². The van der Waals surface area contributed by atoms with Crippen molar-refractivity contribution in [1.82, 2.24) is 15.0 Å². The van der Waals surface area contributed by atoms with Gasteiger partial charge in [-0.1, -0.05) is 5.16 Å². The van der Waals surface area contributed by atoms with Crippen molar-refractivity contribution in [3.8, 4) is 0 Å². The summed E-state index contributed by atoms with van der Waals surface area (Å²) in [5.41, 5.74) is 1.17. The highest BCUT2D eigenvalue weighted by Crippen LogP contribution is 2.10. The van der Waals surface area contributed by atoms with Crippen molar-refractivity contribution in [1.29, 1.82) is 0 Å². The highest BCUT2D eigenvalue weighted by atomic mass is 32.2. The molecule has 21 heavy (non-hydrogen) atoms. The fourth-order valence-electron chi connectivity index (χ4n) is 1.76. The number of carbonyl (C=O) groups is 1. The number of carbonyl (C=O) groups excluding carboxylic acids is 1. The van der Waals surface area contributed by atoms with Gasteiger partial charge in [0.15, 0.2) is 5.03 Å². The van der Waals surface area contributed by atoms with Gasteiger partial charge >= 0.3 is 0 Å². The van der Waals surface area contributed by atoms with Crippen molar-refractivity contribution in [2.75, 3.05) is 13.6 Å². The van der Waals surface area contributed by atoms with E-state index < -0.39 is 10.0 Å². The van der Waals surface area contributed by atoms with Crippen LogP contribution in [0.5, 0.6) is 0 Å². The Hall–Kier alpha value is -2.00. The van der Waals surface area contributed by atoms with Gasteiger partial charge in [0.2, 0.25) is 0 Å². The van der Waals surface area contributed by atoms with Crippen molar-refractivity contribution < 1.29 is 18.0 Å². The first-order chi connectivity index (χ1) is 9.92. The standard InChI is InChI=1S/C12H16N4O4S/c1-8-5-10(20-16-8)7-15-12(17)9-3-4-11(14-6-9)21(18,19)13-2/h3-4,6,10,13H,5,7H2,1-2H3,(H,15,17). The van der Waals surface area contributed by atoms with E-state index in [1.165, 1.54) is 25.4 Å². The molecule has 8 nitrogen and oxygen atoms in total. The molecule has 1 aromatic rings. The van der Waals surface area contributed by atoms with Gasteiger partial charge in [-0.15, -0.1) is 0 Å². The average Bonchev–Trinajstić information content (AvgIpc) is 2.90. The third kappa shape index (κ3) is 3.76. The van der Waals surface area contributed by atoms with Crippen LogP contribution in [0, 0.1) is 0 Å². The third-order valence-corrected chi connectivity index (χ3v) is 4.24. The molecular formula is C12H16N4O4S. The maximum absolute atomic E-state index is 11.9. The van der Waals surface area contributed by atoms with Gasteiger partial charge in [0, 0.05) is 12.6 Å². The molecule has 0 aromatic carbocycles. The minimum absolute atomic E-state index is 0.135. The summed E-state index contributed by atoms with van der Waals surface area (Å²) in [5, 5.41) is 6.35. The predicted octanol–water partition coefficient (Wildman–Crippen LogP) is -0.116. The van der Waals surface area contributed by atoms with Crippen molar-refractivity contribution >= 4 is 21.6 Å². The lowest BCUT2D eigenvalue weighted by Crippen LogP contribution is -2.32. The second-order valence-corrected chi connectivity index (χ2v) is 6.39. The molecule has 114 valence electrons. The minimum Gasteiger partial charge on any atom is -0.390 e. The summed E-state index contributed by atoms with van der Waals surface area (Å²) in [7, 11) is -2.31. The van der Waals surface area contributed by atoms with E-state index in [9.17, 15) is 13.2 Å². The maximum atomic E-state index is 11.9. The SMILES string of the molecule is CNS(=O)(=O)c1ccc(C(=O)NCC2CC(C)=NO2)cn1. The van der Waals surface area contributed by atoms with Crippen LogP contribution in [0.25, 0.3) is 0 Å². The molecule has 2 N–H and O–H groups in total. The van der Waals surface area contributed by atoms with Crippen molar-refractivity contribution in [3.63, 3.8) is 0 Å². The molecule has 1 aromatic heterocycles. The Morgan fingerprint density at radius 3 is 2.76 bits per heavy atom. The number of nitrogens with one attached hydrogen (secondary N) is 2. The van der Waals surface area contributed by atoms with Gasteiger partial charge in [0.1, 0.15) is 6.10 Å². The number of sulfonamides is 1. The van der Waals surface area contributed by atoms with E-state index in [4.69, 9.17) is 4.84 Å². The van der Waals surface area contributed by atoms with E-state index in [0.29, 0.717) is 13.0 Å². The monoisotopic (exact) mass is 312 g/mol. The van der Waals surface area contributed by atoms with E-state index in [2.05, 4.69) is 20.2 Å². The Labute approximate surface area is 122 Å². The van der Waals surface area contributed by atoms with E-state index in [1.54, 1.807) is 0 Å². The van der Waals surface area contributed by atoms with Crippen LogP contribution in [-0.2, 0) is 14.9 Å². The van der Waals surface area contributed by atoms with E-state index in [-0.39, 0.29) is 22.6 Å². The summed E-state index contributed by atoms with van der Waals surface area (Å²) >= 11 is 0. The highest BCUT2D eigenvalue weighted by molar-refractivity contribution is 7.89. The second kappa shape index (κ2) is 6.19. The van der Waals surface area contributed by atoms with Crippen LogP contribution >= 0.6 is 0 Å². The second-order valence-electron chi connectivity index (χ2n) is 4.56. The molecule has 9 heteroatoms. The summed E-state index contributed by atoms with van der Waals surface area (Å²) in [6, 6.07) is 2.68. The topological polar surface area (TPSA) is 110 Å². The molecule has 1 amide bonds. The summed E-state index contributed by atoms with van der Waals surface area (Å²) in [6.45, 7) is 2.18. The summed E-state index contributed by atoms with van der Waals surface area (Å²) in [5.74, 6) is -0.343. The first kappa shape index (κ1) is 15.4. The number of nitrogens with zero attached hydrogens (tertiary/aromatic N) is 2. The lowest BCUT2D eigenvalue weighted by molar-refractivity contribution is 0.0753. The summed E-state index contributed by atoms with van der Waals surface area (Å²) in [4.78, 5) is 20.8. The summed E-state index contributed by atoms with van der Waals surface area (Å²) < 4.78 is 25.2. The van der Waals surface area contributed by atoms with Crippen LogP contribution in [0.1, 0.15) is 23.7 Å². The molecule has 0 saturated carbocycles. The fraction of sp³-hybridized carbons (Fsp3) is 0.417. The molecular weight excluding hydrogens is 296 g/mol. The quantitative estimate of drug-likeness (QED) is 0.788. The van der Waals surface area contributed by atoms with Crippen molar-refractivity contribution in [2.24, 2.45) is 5.16 Å². The molecule has 0 bridgehead atoms. The van der Waals surface area contributed by atoms with E-state index in [0.717, 1.165) is 5.71 Å². The Kier molecular flexibility index (Phi) is 4.53. The lowest BCUT2D eigenvalue weighted by atomic mass is 10.2. The number of pyridine rings is 1. The molecule has 2 heterocycles. The molecule has 0 aliphatic carbocycles. The Morgan fingerprint density at radius 1 is 1.48 bits per heavy atom. The molecule has 0 saturated heterocycles. The van der Waals surface area contributed by atoms with E-state index in [1.807, 2.05) is 6.92 Å². The number of oxime groups is 1. The van der Waals surface area contributed by atoms with E-state index >= 15 is 0 Å². The smallest absolute Gasteiger partial charge is 0.257 e. The maximum Gasteiger partial charge on any atom is 0.257 e. The highest BCUT2D eigenvalue weighted by Gasteiger charge is 2.19. The molecule has 1 unspecified atom stereocenters. The molecule has 0 spiro atoms. The molecule has 1 aliphatic rings. The number of aromatic nitrogens is 1. The predicted molar refractivity (Wildman–Crippen MR) is 75.4 cm³/mol. The summed E-state index contributed by atoms with van der Waals surface area (Å²) in [6.07, 6.45) is 1.74. The van der Waals surface area contributed by atoms with Gasteiger partial charge < -0.3 is 10.2 Å². The van der Waals surface area contributed by atoms with Crippen LogP contribution in [-0.4, -0.2) is 44.7 Å².